The number of nitrogens with one attached hydrogen (secondary N) is 2. The molecule has 2 aromatic carbocycles. The van der Waals surface area contributed by atoms with E-state index in [-0.39, 0.29) is 6.03 Å². The average Bonchev–Trinajstić information content (AvgIpc) is 2.55. The Bertz CT molecular complexity index is 657. The topological polar surface area (TPSA) is 50.4 Å². The molecule has 2 N–H and O–H groups in total. The molecule has 4 nitrogen and oxygen atoms in total. The highest BCUT2D eigenvalue weighted by Gasteiger charge is 2.05. The lowest BCUT2D eigenvalue weighted by atomic mass is 10.2. The van der Waals surface area contributed by atoms with Gasteiger partial charge in [-0.05, 0) is 64.7 Å². The van der Waals surface area contributed by atoms with Crippen LogP contribution < -0.4 is 15.4 Å². The first-order chi connectivity index (χ1) is 11.1. The van der Waals surface area contributed by atoms with E-state index in [1.807, 2.05) is 49.4 Å². The lowest BCUT2D eigenvalue weighted by Gasteiger charge is -2.10. The molecule has 5 heteroatoms. The second kappa shape index (κ2) is 8.58. The number of amides is 2. The Hall–Kier alpha value is -2.01. The minimum atomic E-state index is -0.250. The molecule has 0 saturated carbocycles. The molecule has 0 aliphatic rings. The van der Waals surface area contributed by atoms with Crippen molar-refractivity contribution < 1.29 is 9.53 Å². The molecule has 0 fully saturated rings. The molecule has 0 spiro atoms. The van der Waals surface area contributed by atoms with Crippen LogP contribution in [0.4, 0.5) is 10.5 Å². The number of ether oxygens (including phenoxy) is 1. The summed E-state index contributed by atoms with van der Waals surface area (Å²) in [5.74, 6) is 0.811. The largest absolute Gasteiger partial charge is 0.492 e. The predicted molar refractivity (Wildman–Crippen MR) is 97.2 cm³/mol. The number of urea groups is 1. The summed E-state index contributed by atoms with van der Waals surface area (Å²) in [6.45, 7) is 4.97. The quantitative estimate of drug-likeness (QED) is 0.728. The van der Waals surface area contributed by atoms with Crippen LogP contribution in [0.3, 0.4) is 0 Å². The molecule has 0 aliphatic heterocycles. The zero-order chi connectivity index (χ0) is 16.7. The Kier molecular flexibility index (Phi) is 6.47. The van der Waals surface area contributed by atoms with Gasteiger partial charge in [0.2, 0.25) is 0 Å². The molecule has 0 radical (unpaired) electrons. The molecule has 2 aromatic rings. The van der Waals surface area contributed by atoms with Crippen LogP contribution in [-0.4, -0.2) is 19.2 Å². The number of halogens is 1. The van der Waals surface area contributed by atoms with E-state index < -0.39 is 0 Å². The maximum atomic E-state index is 11.8. The van der Waals surface area contributed by atoms with Crippen molar-refractivity contribution in [1.82, 2.24) is 5.32 Å². The van der Waals surface area contributed by atoms with Crippen molar-refractivity contribution >= 4 is 27.6 Å². The van der Waals surface area contributed by atoms with E-state index in [4.69, 9.17) is 4.74 Å². The van der Waals surface area contributed by atoms with Crippen LogP contribution in [0.5, 0.6) is 5.75 Å². The highest BCUT2D eigenvalue weighted by molar-refractivity contribution is 9.10. The zero-order valence-corrected chi connectivity index (χ0v) is 14.9. The minimum Gasteiger partial charge on any atom is -0.492 e. The minimum absolute atomic E-state index is 0.250. The molecule has 0 atom stereocenters. The van der Waals surface area contributed by atoms with E-state index in [1.54, 1.807) is 0 Å². The Morgan fingerprint density at radius 3 is 2.57 bits per heavy atom. The van der Waals surface area contributed by atoms with Crippen LogP contribution in [-0.2, 0) is 6.42 Å². The highest BCUT2D eigenvalue weighted by atomic mass is 79.9. The molecule has 2 amide bonds. The molecule has 122 valence electrons. The number of anilines is 1. The van der Waals surface area contributed by atoms with Crippen molar-refractivity contribution in [3.8, 4) is 5.75 Å². The van der Waals surface area contributed by atoms with Crippen molar-refractivity contribution in [1.29, 1.82) is 0 Å². The molecule has 23 heavy (non-hydrogen) atoms. The Morgan fingerprint density at radius 2 is 1.91 bits per heavy atom. The molecular weight excluding hydrogens is 356 g/mol. The number of benzene rings is 2. The molecule has 0 unspecified atom stereocenters. The van der Waals surface area contributed by atoms with Crippen LogP contribution >= 0.6 is 15.9 Å². The van der Waals surface area contributed by atoms with Gasteiger partial charge in [0.1, 0.15) is 12.4 Å². The van der Waals surface area contributed by atoms with Crippen LogP contribution in [0.25, 0.3) is 0 Å². The van der Waals surface area contributed by atoms with Gasteiger partial charge in [-0.15, -0.1) is 0 Å². The zero-order valence-electron chi connectivity index (χ0n) is 13.4. The number of aryl methyl sites for hydroxylation is 2. The molecule has 0 aliphatic carbocycles. The Morgan fingerprint density at radius 1 is 1.17 bits per heavy atom. The van der Waals surface area contributed by atoms with E-state index >= 15 is 0 Å². The van der Waals surface area contributed by atoms with Gasteiger partial charge in [-0.2, -0.15) is 0 Å². The maximum Gasteiger partial charge on any atom is 0.319 e. The second-order valence-corrected chi connectivity index (χ2v) is 6.06. The van der Waals surface area contributed by atoms with Gasteiger partial charge in [-0.1, -0.05) is 25.1 Å². The van der Waals surface area contributed by atoms with Gasteiger partial charge in [0.05, 0.1) is 12.2 Å². The van der Waals surface area contributed by atoms with Gasteiger partial charge < -0.3 is 15.4 Å². The fourth-order valence-corrected chi connectivity index (χ4v) is 2.64. The number of carbonyl (C=O) groups is 1. The third-order valence-corrected chi connectivity index (χ3v) is 4.02. The Balaban J connectivity index is 1.72. The summed E-state index contributed by atoms with van der Waals surface area (Å²) >= 11 is 3.43. The van der Waals surface area contributed by atoms with E-state index in [2.05, 4.69) is 33.5 Å². The molecular formula is C18H21BrN2O2. The molecule has 0 bridgehead atoms. The highest BCUT2D eigenvalue weighted by Crippen LogP contribution is 2.23. The smallest absolute Gasteiger partial charge is 0.319 e. The van der Waals surface area contributed by atoms with E-state index in [0.717, 1.165) is 27.9 Å². The summed E-state index contributed by atoms with van der Waals surface area (Å²) in [5.41, 5.74) is 3.15. The summed E-state index contributed by atoms with van der Waals surface area (Å²) in [4.78, 5) is 11.8. The van der Waals surface area contributed by atoms with E-state index in [9.17, 15) is 4.79 Å². The lowest BCUT2D eigenvalue weighted by Crippen LogP contribution is -2.32. The molecule has 2 rings (SSSR count). The van der Waals surface area contributed by atoms with Crippen molar-refractivity contribution in [3.63, 3.8) is 0 Å². The SMILES string of the molecule is CCc1ccc(OCCNC(=O)Nc2ccc(C)cc2Br)cc1. The molecule has 0 heterocycles. The summed E-state index contributed by atoms with van der Waals surface area (Å²) in [6, 6.07) is 13.5. The first-order valence-electron chi connectivity index (χ1n) is 7.61. The van der Waals surface area contributed by atoms with Crippen molar-refractivity contribution in [3.05, 3.63) is 58.1 Å². The number of hydrogen-bond acceptors (Lipinski definition) is 2. The summed E-state index contributed by atoms with van der Waals surface area (Å²) in [5, 5.41) is 5.57. The molecule has 0 aromatic heterocycles. The lowest BCUT2D eigenvalue weighted by molar-refractivity contribution is 0.247. The third-order valence-electron chi connectivity index (χ3n) is 3.36. The average molecular weight is 377 g/mol. The van der Waals surface area contributed by atoms with Gasteiger partial charge in [-0.25, -0.2) is 4.79 Å². The number of carbonyl (C=O) groups excluding carboxylic acids is 1. The Labute approximate surface area is 145 Å². The summed E-state index contributed by atoms with van der Waals surface area (Å²) in [6.07, 6.45) is 1.01. The fourth-order valence-electron chi connectivity index (χ4n) is 2.04. The third kappa shape index (κ3) is 5.60. The first-order valence-corrected chi connectivity index (χ1v) is 8.40. The van der Waals surface area contributed by atoms with Gasteiger partial charge in [0.25, 0.3) is 0 Å². The van der Waals surface area contributed by atoms with E-state index in [1.165, 1.54) is 5.56 Å². The summed E-state index contributed by atoms with van der Waals surface area (Å²) < 4.78 is 6.45. The molecule has 0 saturated heterocycles. The van der Waals surface area contributed by atoms with Gasteiger partial charge in [0.15, 0.2) is 0 Å². The van der Waals surface area contributed by atoms with Crippen LogP contribution in [0.15, 0.2) is 46.9 Å². The first kappa shape index (κ1) is 17.3. The van der Waals surface area contributed by atoms with Crippen LogP contribution in [0, 0.1) is 6.92 Å². The standard InChI is InChI=1S/C18H21BrN2O2/c1-3-14-5-7-15(8-6-14)23-11-10-20-18(22)21-17-9-4-13(2)12-16(17)19/h4-9,12H,3,10-11H2,1-2H3,(H2,20,21,22). The fraction of sp³-hybridized carbons (Fsp3) is 0.278. The van der Waals surface area contributed by atoms with Crippen molar-refractivity contribution in [2.75, 3.05) is 18.5 Å². The number of rotatable bonds is 6. The maximum absolute atomic E-state index is 11.8. The van der Waals surface area contributed by atoms with Gasteiger partial charge >= 0.3 is 6.03 Å². The second-order valence-electron chi connectivity index (χ2n) is 5.21. The van der Waals surface area contributed by atoms with Gasteiger partial charge in [-0.3, -0.25) is 0 Å². The van der Waals surface area contributed by atoms with E-state index in [0.29, 0.717) is 13.2 Å². The van der Waals surface area contributed by atoms with Crippen molar-refractivity contribution in [2.45, 2.75) is 20.3 Å². The van der Waals surface area contributed by atoms with Crippen molar-refractivity contribution in [2.24, 2.45) is 0 Å². The normalized spacial score (nSPS) is 10.2. The van der Waals surface area contributed by atoms with Crippen LogP contribution in [0.2, 0.25) is 0 Å². The van der Waals surface area contributed by atoms with Crippen LogP contribution in [0.1, 0.15) is 18.1 Å². The predicted octanol–water partition coefficient (Wildman–Crippen LogP) is 4.52. The van der Waals surface area contributed by atoms with Gasteiger partial charge in [0, 0.05) is 4.47 Å². The summed E-state index contributed by atoms with van der Waals surface area (Å²) in [7, 11) is 0. The monoisotopic (exact) mass is 376 g/mol. The number of hydrogen-bond donors (Lipinski definition) is 2.